The zero-order valence-corrected chi connectivity index (χ0v) is 16.7. The average Bonchev–Trinajstić information content (AvgIpc) is 2.77. The van der Waals surface area contributed by atoms with E-state index in [0.717, 1.165) is 5.56 Å². The SMILES string of the molecule is N#Cc1ccc(C[C@@H](NC(=O)C[C@H](O)CNC(=O)OCc2ccccc2)C(=O)O)cc1. The van der Waals surface area contributed by atoms with Crippen LogP contribution in [0.3, 0.4) is 0 Å². The number of nitriles is 1. The van der Waals surface area contributed by atoms with Crippen LogP contribution in [0.2, 0.25) is 0 Å². The van der Waals surface area contributed by atoms with Crippen LogP contribution in [-0.2, 0) is 27.4 Å². The second-order valence-corrected chi connectivity index (χ2v) is 6.77. The van der Waals surface area contributed by atoms with Gasteiger partial charge in [-0.2, -0.15) is 5.26 Å². The topological polar surface area (TPSA) is 149 Å². The van der Waals surface area contributed by atoms with E-state index in [9.17, 15) is 24.6 Å². The van der Waals surface area contributed by atoms with Crippen molar-refractivity contribution in [1.82, 2.24) is 10.6 Å². The predicted octanol–water partition coefficient (Wildman–Crippen LogP) is 1.35. The van der Waals surface area contributed by atoms with Crippen LogP contribution < -0.4 is 10.6 Å². The normalized spacial score (nSPS) is 12.1. The Kier molecular flexibility index (Phi) is 9.01. The Morgan fingerprint density at radius 1 is 1.03 bits per heavy atom. The van der Waals surface area contributed by atoms with Gasteiger partial charge in [0.2, 0.25) is 5.91 Å². The molecule has 9 heteroatoms. The number of rotatable bonds is 10. The summed E-state index contributed by atoms with van der Waals surface area (Å²) in [6.07, 6.45) is -2.33. The number of alkyl carbamates (subject to hydrolysis) is 1. The molecule has 9 nitrogen and oxygen atoms in total. The van der Waals surface area contributed by atoms with Gasteiger partial charge in [0.1, 0.15) is 12.6 Å². The predicted molar refractivity (Wildman–Crippen MR) is 110 cm³/mol. The van der Waals surface area contributed by atoms with E-state index in [4.69, 9.17) is 10.00 Å². The molecular formula is C22H23N3O6. The Labute approximate surface area is 179 Å². The number of aliphatic hydroxyl groups excluding tert-OH is 1. The minimum absolute atomic E-state index is 0.0208. The van der Waals surface area contributed by atoms with Crippen LogP contribution in [0.25, 0.3) is 0 Å². The first-order valence-electron chi connectivity index (χ1n) is 9.51. The third-order valence-electron chi connectivity index (χ3n) is 4.27. The molecule has 0 spiro atoms. The van der Waals surface area contributed by atoms with Crippen molar-refractivity contribution in [3.8, 4) is 6.07 Å². The van der Waals surface area contributed by atoms with E-state index in [1.54, 1.807) is 36.4 Å². The van der Waals surface area contributed by atoms with Crippen molar-refractivity contribution >= 4 is 18.0 Å². The molecule has 162 valence electrons. The molecule has 2 aromatic rings. The molecule has 0 aliphatic carbocycles. The lowest BCUT2D eigenvalue weighted by Gasteiger charge is -2.17. The maximum Gasteiger partial charge on any atom is 0.407 e. The smallest absolute Gasteiger partial charge is 0.407 e. The van der Waals surface area contributed by atoms with Gasteiger partial charge in [-0.25, -0.2) is 9.59 Å². The molecule has 0 saturated carbocycles. The number of carbonyl (C=O) groups excluding carboxylic acids is 2. The molecule has 2 atom stereocenters. The summed E-state index contributed by atoms with van der Waals surface area (Å²) in [6.45, 7) is -0.159. The van der Waals surface area contributed by atoms with Gasteiger partial charge in [0, 0.05) is 13.0 Å². The zero-order valence-electron chi connectivity index (χ0n) is 16.7. The van der Waals surface area contributed by atoms with Crippen LogP contribution in [0, 0.1) is 11.3 Å². The van der Waals surface area contributed by atoms with Crippen molar-refractivity contribution in [2.24, 2.45) is 0 Å². The highest BCUT2D eigenvalue weighted by molar-refractivity contribution is 5.84. The highest BCUT2D eigenvalue weighted by Crippen LogP contribution is 2.07. The quantitative estimate of drug-likeness (QED) is 0.449. The summed E-state index contributed by atoms with van der Waals surface area (Å²) in [7, 11) is 0. The van der Waals surface area contributed by atoms with Gasteiger partial charge in [0.25, 0.3) is 0 Å². The van der Waals surface area contributed by atoms with E-state index < -0.39 is 36.5 Å². The fourth-order valence-electron chi connectivity index (χ4n) is 2.67. The van der Waals surface area contributed by atoms with Crippen molar-refractivity contribution < 1.29 is 29.3 Å². The van der Waals surface area contributed by atoms with E-state index in [1.807, 2.05) is 24.3 Å². The van der Waals surface area contributed by atoms with Crippen LogP contribution in [0.5, 0.6) is 0 Å². The van der Waals surface area contributed by atoms with Crippen LogP contribution in [-0.4, -0.2) is 46.9 Å². The van der Waals surface area contributed by atoms with Crippen LogP contribution >= 0.6 is 0 Å². The number of hydrogen-bond donors (Lipinski definition) is 4. The lowest BCUT2D eigenvalue weighted by molar-refractivity contribution is -0.142. The highest BCUT2D eigenvalue weighted by atomic mass is 16.5. The molecule has 0 fully saturated rings. The van der Waals surface area contributed by atoms with Crippen molar-refractivity contribution in [3.63, 3.8) is 0 Å². The zero-order chi connectivity index (χ0) is 22.6. The molecule has 0 aromatic heterocycles. The molecule has 2 rings (SSSR count). The molecule has 0 radical (unpaired) electrons. The van der Waals surface area contributed by atoms with Gasteiger partial charge in [-0.15, -0.1) is 0 Å². The minimum atomic E-state index is -1.23. The Morgan fingerprint density at radius 2 is 1.71 bits per heavy atom. The summed E-state index contributed by atoms with van der Waals surface area (Å²) in [5.41, 5.74) is 1.88. The molecule has 0 unspecified atom stereocenters. The number of nitrogens with zero attached hydrogens (tertiary/aromatic N) is 1. The second kappa shape index (κ2) is 11.9. The van der Waals surface area contributed by atoms with Crippen molar-refractivity contribution in [1.29, 1.82) is 5.26 Å². The molecule has 0 aliphatic heterocycles. The lowest BCUT2D eigenvalue weighted by atomic mass is 10.0. The lowest BCUT2D eigenvalue weighted by Crippen LogP contribution is -2.44. The Hall–Kier alpha value is -3.90. The van der Waals surface area contributed by atoms with Crippen LogP contribution in [0.15, 0.2) is 54.6 Å². The van der Waals surface area contributed by atoms with E-state index in [2.05, 4.69) is 10.6 Å². The largest absolute Gasteiger partial charge is 0.480 e. The summed E-state index contributed by atoms with van der Waals surface area (Å²) in [5, 5.41) is 32.8. The minimum Gasteiger partial charge on any atom is -0.480 e. The van der Waals surface area contributed by atoms with Gasteiger partial charge in [-0.05, 0) is 23.3 Å². The summed E-state index contributed by atoms with van der Waals surface area (Å²) < 4.78 is 5.00. The number of benzene rings is 2. The number of aliphatic carboxylic acids is 1. The number of aliphatic hydroxyl groups is 1. The van der Waals surface area contributed by atoms with Crippen molar-refractivity contribution in [3.05, 3.63) is 71.3 Å². The molecule has 31 heavy (non-hydrogen) atoms. The number of hydrogen-bond acceptors (Lipinski definition) is 6. The Bertz CT molecular complexity index is 925. The number of amides is 2. The highest BCUT2D eigenvalue weighted by Gasteiger charge is 2.22. The number of carboxylic acids is 1. The third kappa shape index (κ3) is 8.55. The second-order valence-electron chi connectivity index (χ2n) is 6.77. The summed E-state index contributed by atoms with van der Waals surface area (Å²) >= 11 is 0. The van der Waals surface area contributed by atoms with Gasteiger partial charge in [-0.1, -0.05) is 42.5 Å². The molecule has 0 saturated heterocycles. The van der Waals surface area contributed by atoms with Crippen molar-refractivity contribution in [2.75, 3.05) is 6.54 Å². The summed E-state index contributed by atoms with van der Waals surface area (Å²) in [6, 6.07) is 16.2. The van der Waals surface area contributed by atoms with Gasteiger partial charge in [0.05, 0.1) is 24.2 Å². The van der Waals surface area contributed by atoms with E-state index in [0.29, 0.717) is 11.1 Å². The number of carboxylic acid groups (broad SMARTS) is 1. The fraction of sp³-hybridized carbons (Fsp3) is 0.273. The maximum absolute atomic E-state index is 12.1. The number of ether oxygens (including phenoxy) is 1. The average molecular weight is 425 g/mol. The number of carbonyl (C=O) groups is 3. The first-order valence-corrected chi connectivity index (χ1v) is 9.51. The molecule has 4 N–H and O–H groups in total. The first-order chi connectivity index (χ1) is 14.9. The molecule has 0 aliphatic rings. The van der Waals surface area contributed by atoms with Crippen LogP contribution in [0.4, 0.5) is 4.79 Å². The number of nitrogens with one attached hydrogen (secondary N) is 2. The van der Waals surface area contributed by atoms with Gasteiger partial charge >= 0.3 is 12.1 Å². The van der Waals surface area contributed by atoms with Gasteiger partial charge in [0.15, 0.2) is 0 Å². The Balaban J connectivity index is 1.74. The molecular weight excluding hydrogens is 402 g/mol. The third-order valence-corrected chi connectivity index (χ3v) is 4.27. The monoisotopic (exact) mass is 425 g/mol. The molecule has 2 aromatic carbocycles. The molecule has 2 amide bonds. The summed E-state index contributed by atoms with van der Waals surface area (Å²) in [5.74, 6) is -1.90. The van der Waals surface area contributed by atoms with E-state index in [-0.39, 0.29) is 19.6 Å². The molecule has 0 heterocycles. The van der Waals surface area contributed by atoms with Gasteiger partial charge in [-0.3, -0.25) is 4.79 Å². The maximum atomic E-state index is 12.1. The van der Waals surface area contributed by atoms with Crippen molar-refractivity contribution in [2.45, 2.75) is 31.6 Å². The van der Waals surface area contributed by atoms with E-state index >= 15 is 0 Å². The van der Waals surface area contributed by atoms with Crippen LogP contribution in [0.1, 0.15) is 23.1 Å². The van der Waals surface area contributed by atoms with Gasteiger partial charge < -0.3 is 25.6 Å². The van der Waals surface area contributed by atoms with E-state index in [1.165, 1.54) is 0 Å². The fourth-order valence-corrected chi connectivity index (χ4v) is 2.67. The summed E-state index contributed by atoms with van der Waals surface area (Å²) in [4.78, 5) is 35.2. The first kappa shape index (κ1) is 23.4. The standard InChI is InChI=1S/C22H23N3O6/c23-12-16-8-6-15(7-9-16)10-19(21(28)29)25-20(27)11-18(26)13-24-22(30)31-14-17-4-2-1-3-5-17/h1-9,18-19,26H,10-11,13-14H2,(H,24,30)(H,25,27)(H,28,29)/t18-,19+/m0/s1. The Morgan fingerprint density at radius 3 is 2.32 bits per heavy atom. The molecule has 0 bridgehead atoms.